The lowest BCUT2D eigenvalue weighted by Crippen LogP contribution is -2.27. The second kappa shape index (κ2) is 11.8. The Balaban J connectivity index is 1.56. The van der Waals surface area contributed by atoms with E-state index in [-0.39, 0.29) is 35.2 Å². The maximum atomic E-state index is 12.2. The van der Waals surface area contributed by atoms with Crippen LogP contribution >= 0.6 is 0 Å². The molecule has 0 aliphatic carbocycles. The molecule has 9 nitrogen and oxygen atoms in total. The molecule has 2 N–H and O–H groups in total. The molecule has 4 rings (SSSR count). The highest BCUT2D eigenvalue weighted by Gasteiger charge is 2.20. The summed E-state index contributed by atoms with van der Waals surface area (Å²) in [6.07, 6.45) is 0. The van der Waals surface area contributed by atoms with Crippen molar-refractivity contribution in [1.29, 1.82) is 0 Å². The van der Waals surface area contributed by atoms with E-state index in [1.54, 1.807) is 66.7 Å². The number of carbonyl (C=O) groups excluding carboxylic acids is 1. The van der Waals surface area contributed by atoms with Crippen molar-refractivity contribution in [2.75, 3.05) is 9.21 Å². The third kappa shape index (κ3) is 6.43. The average Bonchev–Trinajstić information content (AvgIpc) is 2.90. The first-order valence-corrected chi connectivity index (χ1v) is 12.8. The normalized spacial score (nSPS) is 11.5. The summed E-state index contributed by atoms with van der Waals surface area (Å²) in [5.74, 6) is -0.961. The summed E-state index contributed by atoms with van der Waals surface area (Å²) >= 11 is -2.77. The third-order valence-corrected chi connectivity index (χ3v) is 6.59. The van der Waals surface area contributed by atoms with Crippen molar-refractivity contribution in [3.63, 3.8) is 0 Å². The molecule has 0 aliphatic heterocycles. The fourth-order valence-electron chi connectivity index (χ4n) is 3.95. The predicted molar refractivity (Wildman–Crippen MR) is 147 cm³/mol. The van der Waals surface area contributed by atoms with Gasteiger partial charge < -0.3 is 24.4 Å². The summed E-state index contributed by atoms with van der Waals surface area (Å²) in [4.78, 5) is 25.7. The molecule has 1 amide bonds. The third-order valence-electron chi connectivity index (χ3n) is 5.89. The highest BCUT2D eigenvalue weighted by Crippen LogP contribution is 2.34. The molecular weight excluding hydrogens is 520 g/mol. The van der Waals surface area contributed by atoms with E-state index in [0.717, 1.165) is 15.4 Å². The Morgan fingerprint density at radius 1 is 0.897 bits per heavy atom. The van der Waals surface area contributed by atoms with Gasteiger partial charge in [-0.25, -0.2) is 4.79 Å². The van der Waals surface area contributed by atoms with E-state index in [1.165, 1.54) is 36.1 Å². The van der Waals surface area contributed by atoms with Crippen LogP contribution < -0.4 is 13.9 Å². The van der Waals surface area contributed by atoms with Crippen LogP contribution in [0.25, 0.3) is 0 Å². The van der Waals surface area contributed by atoms with Gasteiger partial charge in [-0.15, -0.1) is 0 Å². The van der Waals surface area contributed by atoms with Crippen LogP contribution in [0.5, 0.6) is 17.2 Å². The number of aryl methyl sites for hydroxylation is 1. The van der Waals surface area contributed by atoms with E-state index in [1.807, 2.05) is 6.92 Å². The minimum atomic E-state index is -2.77. The molecule has 0 heterocycles. The maximum Gasteiger partial charge on any atom is 0.337 e. The van der Waals surface area contributed by atoms with Gasteiger partial charge in [-0.1, -0.05) is 42.0 Å². The zero-order valence-corrected chi connectivity index (χ0v) is 21.9. The van der Waals surface area contributed by atoms with Crippen molar-refractivity contribution in [2.45, 2.75) is 20.4 Å². The number of carboxylic acids is 1. The Bertz CT molecular complexity index is 1520. The van der Waals surface area contributed by atoms with Crippen molar-refractivity contribution in [2.24, 2.45) is 0 Å². The largest absolute Gasteiger partial charge is 0.755 e. The first-order valence-electron chi connectivity index (χ1n) is 11.8. The van der Waals surface area contributed by atoms with Gasteiger partial charge in [0, 0.05) is 6.92 Å². The molecule has 0 radical (unpaired) electrons. The molecule has 4 aromatic carbocycles. The van der Waals surface area contributed by atoms with Gasteiger partial charge in [0.05, 0.1) is 40.4 Å². The molecule has 0 aromatic heterocycles. The van der Waals surface area contributed by atoms with Gasteiger partial charge in [0.15, 0.2) is 0 Å². The van der Waals surface area contributed by atoms with Crippen LogP contribution in [-0.4, -0.2) is 30.9 Å². The van der Waals surface area contributed by atoms with Gasteiger partial charge in [0.1, 0.15) is 17.2 Å². The number of para-hydroxylation sites is 2. The molecule has 0 fully saturated rings. The molecule has 0 saturated heterocycles. The predicted octanol–water partition coefficient (Wildman–Crippen LogP) is 5.68. The number of ether oxygens (including phenoxy) is 1. The maximum absolute atomic E-state index is 12.2. The second-order valence-corrected chi connectivity index (χ2v) is 9.47. The van der Waals surface area contributed by atoms with Gasteiger partial charge >= 0.3 is 5.97 Å². The number of phenols is 1. The number of benzene rings is 4. The number of aromatic carboxylic acids is 1. The Hall–Kier alpha value is -4.67. The SMILES string of the molecule is CC(=O)N(Cc1ccc(Oc2ccc(N(c3ccc(C)cc3)S(=O)[O-])c(C(=O)O)c2)cc1)c1ccccc1O. The van der Waals surface area contributed by atoms with Crippen molar-refractivity contribution >= 4 is 40.2 Å². The number of carbonyl (C=O) groups is 2. The van der Waals surface area contributed by atoms with Crippen molar-refractivity contribution in [3.05, 3.63) is 108 Å². The molecule has 1 unspecified atom stereocenters. The quantitative estimate of drug-likeness (QED) is 0.259. The number of nitrogens with zero attached hydrogens (tertiary/aromatic N) is 2. The standard InChI is InChI=1S/C29H26N2O7S/c1-19-7-11-22(12-8-19)31(39(36)37)26-16-15-24(17-25(26)29(34)35)38-23-13-9-21(10-14-23)18-30(20(2)32)27-5-3-4-6-28(27)33/h3-17,33H,18H2,1-2H3,(H,34,35)(H,36,37)/p-1. The topological polar surface area (TPSA) is 130 Å². The Kier molecular flexibility index (Phi) is 8.28. The molecule has 0 bridgehead atoms. The smallest absolute Gasteiger partial charge is 0.337 e. The Morgan fingerprint density at radius 3 is 2.13 bits per heavy atom. The zero-order valence-electron chi connectivity index (χ0n) is 21.1. The first kappa shape index (κ1) is 27.4. The number of amides is 1. The van der Waals surface area contributed by atoms with Gasteiger partial charge in [0.25, 0.3) is 0 Å². The van der Waals surface area contributed by atoms with E-state index in [4.69, 9.17) is 4.74 Å². The Morgan fingerprint density at radius 2 is 1.54 bits per heavy atom. The van der Waals surface area contributed by atoms with E-state index >= 15 is 0 Å². The zero-order chi connectivity index (χ0) is 28.1. The second-order valence-electron chi connectivity index (χ2n) is 8.67. The molecule has 1 atom stereocenters. The Labute approximate surface area is 227 Å². The lowest BCUT2D eigenvalue weighted by Gasteiger charge is -2.28. The molecule has 0 saturated carbocycles. The van der Waals surface area contributed by atoms with E-state index in [0.29, 0.717) is 17.1 Å². The van der Waals surface area contributed by atoms with Crippen LogP contribution in [0.2, 0.25) is 0 Å². The van der Waals surface area contributed by atoms with E-state index in [2.05, 4.69) is 0 Å². The van der Waals surface area contributed by atoms with Crippen LogP contribution in [0.3, 0.4) is 0 Å². The molecule has 200 valence electrons. The summed E-state index contributed by atoms with van der Waals surface area (Å²) < 4.78 is 30.9. The number of rotatable bonds is 9. The van der Waals surface area contributed by atoms with E-state index < -0.39 is 17.2 Å². The lowest BCUT2D eigenvalue weighted by atomic mass is 10.1. The molecule has 0 spiro atoms. The average molecular weight is 546 g/mol. The van der Waals surface area contributed by atoms with Crippen LogP contribution in [0.15, 0.2) is 91.0 Å². The highest BCUT2D eigenvalue weighted by molar-refractivity contribution is 7.81. The summed E-state index contributed by atoms with van der Waals surface area (Å²) in [6.45, 7) is 3.49. The summed E-state index contributed by atoms with van der Waals surface area (Å²) in [5.41, 5.74) is 2.10. The van der Waals surface area contributed by atoms with Crippen LogP contribution in [0, 0.1) is 6.92 Å². The van der Waals surface area contributed by atoms with Gasteiger partial charge in [0.2, 0.25) is 5.91 Å². The van der Waals surface area contributed by atoms with Crippen molar-refractivity contribution in [3.8, 4) is 17.2 Å². The van der Waals surface area contributed by atoms with Gasteiger partial charge in [-0.2, -0.15) is 0 Å². The highest BCUT2D eigenvalue weighted by atomic mass is 32.2. The fourth-order valence-corrected chi connectivity index (χ4v) is 4.57. The number of carboxylic acid groups (broad SMARTS) is 1. The van der Waals surface area contributed by atoms with Crippen LogP contribution in [0.1, 0.15) is 28.4 Å². The van der Waals surface area contributed by atoms with Gasteiger partial charge in [-0.05, 0) is 67.1 Å². The molecular formula is C29H25N2O7S-. The lowest BCUT2D eigenvalue weighted by molar-refractivity contribution is -0.116. The number of anilines is 3. The van der Waals surface area contributed by atoms with Gasteiger partial charge in [-0.3, -0.25) is 13.3 Å². The molecule has 39 heavy (non-hydrogen) atoms. The monoisotopic (exact) mass is 545 g/mol. The number of aromatic hydroxyl groups is 1. The minimum absolute atomic E-state index is 0.00732. The summed E-state index contributed by atoms with van der Waals surface area (Å²) in [7, 11) is 0. The van der Waals surface area contributed by atoms with E-state index in [9.17, 15) is 28.6 Å². The van der Waals surface area contributed by atoms with Crippen molar-refractivity contribution < 1.29 is 33.3 Å². The molecule has 4 aromatic rings. The number of phenolic OH excluding ortho intramolecular Hbond substituents is 1. The van der Waals surface area contributed by atoms with Crippen molar-refractivity contribution in [1.82, 2.24) is 0 Å². The molecule has 0 aliphatic rings. The first-order chi connectivity index (χ1) is 18.6. The van der Waals surface area contributed by atoms with Crippen LogP contribution in [-0.2, 0) is 22.6 Å². The summed E-state index contributed by atoms with van der Waals surface area (Å²) in [5, 5.41) is 20.0. The number of hydrogen-bond donors (Lipinski definition) is 2. The van der Waals surface area contributed by atoms with Crippen LogP contribution in [0.4, 0.5) is 17.1 Å². The minimum Gasteiger partial charge on any atom is -0.755 e. The molecule has 10 heteroatoms. The number of hydrogen-bond acceptors (Lipinski definition) is 6. The fraction of sp³-hybridized carbons (Fsp3) is 0.103. The summed E-state index contributed by atoms with van der Waals surface area (Å²) in [6, 6.07) is 24.2.